The molecule has 0 bridgehead atoms. The maximum Gasteiger partial charge on any atom is 0.229 e. The summed E-state index contributed by atoms with van der Waals surface area (Å²) in [6.45, 7) is 7.20. The van der Waals surface area contributed by atoms with E-state index in [-0.39, 0.29) is 5.91 Å². The van der Waals surface area contributed by atoms with Gasteiger partial charge < -0.3 is 10.6 Å². The van der Waals surface area contributed by atoms with Crippen molar-refractivity contribution in [3.05, 3.63) is 34.9 Å². The first-order valence-corrected chi connectivity index (χ1v) is 6.53. The molecule has 1 aromatic carbocycles. The molecule has 1 rings (SSSR count). The van der Waals surface area contributed by atoms with Crippen molar-refractivity contribution < 1.29 is 4.79 Å². The lowest BCUT2D eigenvalue weighted by molar-refractivity contribution is -0.140. The number of amides is 1. The Labute approximate surface area is 114 Å². The van der Waals surface area contributed by atoms with Crippen LogP contribution in [0.15, 0.2) is 24.3 Å². The van der Waals surface area contributed by atoms with Crippen LogP contribution in [0.2, 0.25) is 5.02 Å². The third kappa shape index (κ3) is 3.47. The fraction of sp³-hybridized carbons (Fsp3) is 0.500. The highest BCUT2D eigenvalue weighted by atomic mass is 35.5. The van der Waals surface area contributed by atoms with Crippen molar-refractivity contribution in [1.82, 2.24) is 4.90 Å². The first-order valence-electron chi connectivity index (χ1n) is 6.15. The normalized spacial score (nSPS) is 11.4. The van der Waals surface area contributed by atoms with Gasteiger partial charge in [0.1, 0.15) is 0 Å². The van der Waals surface area contributed by atoms with E-state index in [0.29, 0.717) is 24.7 Å². The number of carbonyl (C=O) groups is 1. The second kappa shape index (κ2) is 6.21. The summed E-state index contributed by atoms with van der Waals surface area (Å²) < 4.78 is 0. The minimum atomic E-state index is -0.530. The molecule has 0 aliphatic rings. The number of nitrogens with zero attached hydrogens (tertiary/aromatic N) is 1. The van der Waals surface area contributed by atoms with E-state index in [1.807, 2.05) is 45.0 Å². The Morgan fingerprint density at radius 1 is 1.39 bits per heavy atom. The molecule has 100 valence electrons. The van der Waals surface area contributed by atoms with Gasteiger partial charge in [0.05, 0.1) is 5.41 Å². The Bertz CT molecular complexity index is 418. The third-order valence-electron chi connectivity index (χ3n) is 3.08. The van der Waals surface area contributed by atoms with Crippen molar-refractivity contribution in [3.8, 4) is 0 Å². The molecule has 4 heteroatoms. The highest BCUT2D eigenvalue weighted by molar-refractivity contribution is 6.31. The molecule has 0 unspecified atom stereocenters. The van der Waals surface area contributed by atoms with Gasteiger partial charge in [-0.15, -0.1) is 0 Å². The van der Waals surface area contributed by atoms with Crippen LogP contribution in [0.25, 0.3) is 0 Å². The maximum absolute atomic E-state index is 12.3. The standard InChI is InChI=1S/C14H21ClN2O/c1-4-17(13(18)14(2,3)10-16)9-11-7-5-6-8-12(11)15/h5-8H,4,9-10,16H2,1-3H3. The lowest BCUT2D eigenvalue weighted by Gasteiger charge is -2.30. The molecule has 0 saturated heterocycles. The van der Waals surface area contributed by atoms with Gasteiger partial charge in [0.2, 0.25) is 5.91 Å². The molecule has 2 N–H and O–H groups in total. The van der Waals surface area contributed by atoms with Gasteiger partial charge in [0.15, 0.2) is 0 Å². The molecule has 0 fully saturated rings. The molecule has 18 heavy (non-hydrogen) atoms. The summed E-state index contributed by atoms with van der Waals surface area (Å²) in [4.78, 5) is 14.1. The number of carbonyl (C=O) groups excluding carboxylic acids is 1. The largest absolute Gasteiger partial charge is 0.338 e. The van der Waals surface area contributed by atoms with Crippen LogP contribution >= 0.6 is 11.6 Å². The summed E-state index contributed by atoms with van der Waals surface area (Å²) >= 11 is 6.12. The van der Waals surface area contributed by atoms with Crippen LogP contribution in [0.1, 0.15) is 26.3 Å². The van der Waals surface area contributed by atoms with E-state index in [1.165, 1.54) is 0 Å². The monoisotopic (exact) mass is 268 g/mol. The van der Waals surface area contributed by atoms with Crippen LogP contribution in [0.5, 0.6) is 0 Å². The Kier molecular flexibility index (Phi) is 5.17. The van der Waals surface area contributed by atoms with Gasteiger partial charge in [-0.1, -0.05) is 29.8 Å². The quantitative estimate of drug-likeness (QED) is 0.892. The van der Waals surface area contributed by atoms with E-state index >= 15 is 0 Å². The van der Waals surface area contributed by atoms with Crippen LogP contribution in [0.3, 0.4) is 0 Å². The second-order valence-corrected chi connectivity index (χ2v) is 5.41. The maximum atomic E-state index is 12.3. The number of hydrogen-bond acceptors (Lipinski definition) is 2. The first-order chi connectivity index (χ1) is 8.42. The fourth-order valence-corrected chi connectivity index (χ4v) is 1.87. The number of benzene rings is 1. The third-order valence-corrected chi connectivity index (χ3v) is 3.45. The molecule has 0 atom stereocenters. The van der Waals surface area contributed by atoms with Gasteiger partial charge >= 0.3 is 0 Å². The number of hydrogen-bond donors (Lipinski definition) is 1. The van der Waals surface area contributed by atoms with E-state index in [9.17, 15) is 4.79 Å². The molecule has 0 heterocycles. The van der Waals surface area contributed by atoms with E-state index in [0.717, 1.165) is 5.56 Å². The van der Waals surface area contributed by atoms with E-state index < -0.39 is 5.41 Å². The number of halogens is 1. The Balaban J connectivity index is 2.86. The van der Waals surface area contributed by atoms with Gasteiger partial charge in [0.25, 0.3) is 0 Å². The number of nitrogens with two attached hydrogens (primary N) is 1. The van der Waals surface area contributed by atoms with Gasteiger partial charge in [-0.2, -0.15) is 0 Å². The van der Waals surface area contributed by atoms with Crippen molar-refractivity contribution in [2.45, 2.75) is 27.3 Å². The van der Waals surface area contributed by atoms with Crippen molar-refractivity contribution in [3.63, 3.8) is 0 Å². The molecule has 0 aliphatic heterocycles. The van der Waals surface area contributed by atoms with Crippen molar-refractivity contribution in [2.75, 3.05) is 13.1 Å². The van der Waals surface area contributed by atoms with Crippen LogP contribution < -0.4 is 5.73 Å². The van der Waals surface area contributed by atoms with Crippen molar-refractivity contribution >= 4 is 17.5 Å². The van der Waals surface area contributed by atoms with Gasteiger partial charge in [-0.25, -0.2) is 0 Å². The first kappa shape index (κ1) is 15.0. The van der Waals surface area contributed by atoms with Gasteiger partial charge in [-0.3, -0.25) is 4.79 Å². The highest BCUT2D eigenvalue weighted by Gasteiger charge is 2.30. The summed E-state index contributed by atoms with van der Waals surface area (Å²) in [5.41, 5.74) is 6.08. The molecule has 0 aromatic heterocycles. The minimum Gasteiger partial charge on any atom is -0.338 e. The lowest BCUT2D eigenvalue weighted by atomic mass is 9.91. The zero-order valence-corrected chi connectivity index (χ0v) is 12.0. The predicted molar refractivity (Wildman–Crippen MR) is 75.4 cm³/mol. The van der Waals surface area contributed by atoms with Crippen LogP contribution in [-0.2, 0) is 11.3 Å². The average Bonchev–Trinajstić information content (AvgIpc) is 2.37. The van der Waals surface area contributed by atoms with Crippen molar-refractivity contribution in [1.29, 1.82) is 0 Å². The summed E-state index contributed by atoms with van der Waals surface area (Å²) in [6.07, 6.45) is 0. The Hall–Kier alpha value is -1.06. The Morgan fingerprint density at radius 3 is 2.50 bits per heavy atom. The molecular weight excluding hydrogens is 248 g/mol. The van der Waals surface area contributed by atoms with E-state index in [4.69, 9.17) is 17.3 Å². The van der Waals surface area contributed by atoms with E-state index in [2.05, 4.69) is 0 Å². The SMILES string of the molecule is CCN(Cc1ccccc1Cl)C(=O)C(C)(C)CN. The zero-order valence-electron chi connectivity index (χ0n) is 11.2. The molecule has 1 amide bonds. The lowest BCUT2D eigenvalue weighted by Crippen LogP contribution is -2.44. The smallest absolute Gasteiger partial charge is 0.229 e. The van der Waals surface area contributed by atoms with Crippen LogP contribution in [0.4, 0.5) is 0 Å². The van der Waals surface area contributed by atoms with Gasteiger partial charge in [-0.05, 0) is 32.4 Å². The zero-order chi connectivity index (χ0) is 13.8. The van der Waals surface area contributed by atoms with Crippen LogP contribution in [0, 0.1) is 5.41 Å². The molecular formula is C14H21ClN2O. The average molecular weight is 269 g/mol. The summed E-state index contributed by atoms with van der Waals surface area (Å²) in [5, 5.41) is 0.689. The molecule has 0 aliphatic carbocycles. The van der Waals surface area contributed by atoms with Crippen molar-refractivity contribution in [2.24, 2.45) is 11.1 Å². The predicted octanol–water partition coefficient (Wildman–Crippen LogP) is 2.67. The molecule has 3 nitrogen and oxygen atoms in total. The molecule has 0 saturated carbocycles. The molecule has 0 spiro atoms. The summed E-state index contributed by atoms with van der Waals surface area (Å²) in [6, 6.07) is 7.58. The van der Waals surface area contributed by atoms with Crippen LogP contribution in [-0.4, -0.2) is 23.9 Å². The second-order valence-electron chi connectivity index (χ2n) is 5.00. The fourth-order valence-electron chi connectivity index (χ4n) is 1.67. The minimum absolute atomic E-state index is 0.0624. The topological polar surface area (TPSA) is 46.3 Å². The molecule has 0 radical (unpaired) electrons. The summed E-state index contributed by atoms with van der Waals surface area (Å²) in [5.74, 6) is 0.0624. The van der Waals surface area contributed by atoms with Gasteiger partial charge in [0, 0.05) is 24.7 Å². The Morgan fingerprint density at radius 2 is 2.00 bits per heavy atom. The number of rotatable bonds is 5. The summed E-state index contributed by atoms with van der Waals surface area (Å²) in [7, 11) is 0. The molecule has 1 aromatic rings. The highest BCUT2D eigenvalue weighted by Crippen LogP contribution is 2.21. The van der Waals surface area contributed by atoms with E-state index in [1.54, 1.807) is 4.90 Å².